The maximum atomic E-state index is 13.4. The van der Waals surface area contributed by atoms with Gasteiger partial charge in [0.15, 0.2) is 0 Å². The van der Waals surface area contributed by atoms with Crippen molar-refractivity contribution in [1.29, 1.82) is 0 Å². The van der Waals surface area contributed by atoms with Crippen LogP contribution in [-0.2, 0) is 0 Å². The molecule has 0 spiro atoms. The first-order valence-corrected chi connectivity index (χ1v) is 5.25. The van der Waals surface area contributed by atoms with Crippen LogP contribution in [0.5, 0.6) is 0 Å². The van der Waals surface area contributed by atoms with E-state index < -0.39 is 17.7 Å². The molecule has 4 heteroatoms. The van der Waals surface area contributed by atoms with Gasteiger partial charge in [-0.15, -0.1) is 0 Å². The molecule has 1 nitrogen and oxygen atoms in total. The summed E-state index contributed by atoms with van der Waals surface area (Å²) in [4.78, 5) is 0. The zero-order valence-corrected chi connectivity index (χ0v) is 9.48. The highest BCUT2D eigenvalue weighted by molar-refractivity contribution is 6.31. The zero-order valence-electron chi connectivity index (χ0n) is 8.73. The Morgan fingerprint density at radius 1 is 1.33 bits per heavy atom. The van der Waals surface area contributed by atoms with E-state index in [9.17, 15) is 8.78 Å². The van der Waals surface area contributed by atoms with Crippen LogP contribution in [0.25, 0.3) is 0 Å². The van der Waals surface area contributed by atoms with Crippen LogP contribution in [0, 0.1) is 17.6 Å². The predicted molar refractivity (Wildman–Crippen MR) is 57.8 cm³/mol. The molecule has 84 valence electrons. The van der Waals surface area contributed by atoms with Crippen LogP contribution in [-0.4, -0.2) is 0 Å². The van der Waals surface area contributed by atoms with Crippen LogP contribution in [0.3, 0.4) is 0 Å². The van der Waals surface area contributed by atoms with Crippen LogP contribution in [0.1, 0.15) is 31.9 Å². The van der Waals surface area contributed by atoms with Crippen LogP contribution in [0.4, 0.5) is 8.78 Å². The lowest BCUT2D eigenvalue weighted by molar-refractivity contribution is 0.436. The van der Waals surface area contributed by atoms with Crippen molar-refractivity contribution in [3.05, 3.63) is 34.4 Å². The van der Waals surface area contributed by atoms with E-state index in [1.807, 2.05) is 13.8 Å². The van der Waals surface area contributed by atoms with E-state index in [1.165, 1.54) is 0 Å². The minimum Gasteiger partial charge on any atom is -0.324 e. The lowest BCUT2D eigenvalue weighted by atomic mass is 9.93. The van der Waals surface area contributed by atoms with Gasteiger partial charge < -0.3 is 5.73 Å². The summed E-state index contributed by atoms with van der Waals surface area (Å²) in [6.45, 7) is 3.82. The molecular formula is C11H14ClF2N. The molecule has 1 rings (SSSR count). The Kier molecular flexibility index (Phi) is 4.05. The van der Waals surface area contributed by atoms with Gasteiger partial charge >= 0.3 is 0 Å². The Balaban J connectivity index is 3.18. The topological polar surface area (TPSA) is 26.0 Å². The number of hydrogen-bond acceptors (Lipinski definition) is 1. The van der Waals surface area contributed by atoms with Crippen molar-refractivity contribution < 1.29 is 8.78 Å². The molecule has 0 aliphatic carbocycles. The third-order valence-corrected chi connectivity index (χ3v) is 3.05. The highest BCUT2D eigenvalue weighted by Crippen LogP contribution is 2.31. The van der Waals surface area contributed by atoms with Gasteiger partial charge in [0.25, 0.3) is 0 Å². The highest BCUT2D eigenvalue weighted by atomic mass is 35.5. The van der Waals surface area contributed by atoms with Crippen molar-refractivity contribution in [3.63, 3.8) is 0 Å². The summed E-state index contributed by atoms with van der Waals surface area (Å²) in [7, 11) is 0. The monoisotopic (exact) mass is 233 g/mol. The van der Waals surface area contributed by atoms with Crippen molar-refractivity contribution in [2.45, 2.75) is 26.3 Å². The highest BCUT2D eigenvalue weighted by Gasteiger charge is 2.22. The minimum absolute atomic E-state index is 0.0544. The Morgan fingerprint density at radius 2 is 1.87 bits per heavy atom. The lowest BCUT2D eigenvalue weighted by Crippen LogP contribution is -2.20. The first-order valence-electron chi connectivity index (χ1n) is 4.88. The Hall–Kier alpha value is -0.670. The van der Waals surface area contributed by atoms with E-state index in [4.69, 9.17) is 17.3 Å². The molecule has 2 N–H and O–H groups in total. The third-order valence-electron chi connectivity index (χ3n) is 2.67. The van der Waals surface area contributed by atoms with Gasteiger partial charge in [-0.1, -0.05) is 31.9 Å². The molecule has 0 heterocycles. The molecule has 0 fully saturated rings. The average Bonchev–Trinajstić information content (AvgIpc) is 2.22. The largest absolute Gasteiger partial charge is 0.324 e. The second-order valence-electron chi connectivity index (χ2n) is 3.67. The predicted octanol–water partition coefficient (Wildman–Crippen LogP) is 3.66. The molecule has 15 heavy (non-hydrogen) atoms. The second-order valence-corrected chi connectivity index (χ2v) is 4.05. The van der Waals surface area contributed by atoms with Crippen molar-refractivity contribution >= 4 is 11.6 Å². The Bertz CT molecular complexity index is 355. The first-order chi connectivity index (χ1) is 6.99. The zero-order chi connectivity index (χ0) is 11.6. The second kappa shape index (κ2) is 4.90. The number of rotatable bonds is 3. The Labute approximate surface area is 93.2 Å². The molecule has 0 radical (unpaired) electrons. The fraction of sp³-hybridized carbons (Fsp3) is 0.455. The van der Waals surface area contributed by atoms with Crippen molar-refractivity contribution in [2.75, 3.05) is 0 Å². The maximum absolute atomic E-state index is 13.4. The molecule has 2 atom stereocenters. The van der Waals surface area contributed by atoms with E-state index in [0.29, 0.717) is 0 Å². The van der Waals surface area contributed by atoms with Crippen LogP contribution >= 0.6 is 11.6 Å². The summed E-state index contributed by atoms with van der Waals surface area (Å²) in [5, 5.41) is -0.206. The third kappa shape index (κ3) is 2.47. The van der Waals surface area contributed by atoms with E-state index >= 15 is 0 Å². The fourth-order valence-electron chi connectivity index (χ4n) is 1.39. The normalized spacial score (nSPS) is 15.1. The molecule has 0 aliphatic heterocycles. The summed E-state index contributed by atoms with van der Waals surface area (Å²) >= 11 is 5.70. The summed E-state index contributed by atoms with van der Waals surface area (Å²) < 4.78 is 26.6. The van der Waals surface area contributed by atoms with Crippen molar-refractivity contribution in [1.82, 2.24) is 0 Å². The van der Waals surface area contributed by atoms with Gasteiger partial charge in [0, 0.05) is 11.6 Å². The quantitative estimate of drug-likeness (QED) is 0.793. The van der Waals surface area contributed by atoms with Gasteiger partial charge in [0.05, 0.1) is 5.02 Å². The molecule has 0 aromatic heterocycles. The standard InChI is InChI=1S/C11H14ClF2N/c1-3-6(2)11(15)9-7(13)4-5-8(14)10(9)12/h4-6,11H,3,15H2,1-2H3/t6?,11-/m1/s1. The number of benzene rings is 1. The van der Waals surface area contributed by atoms with Gasteiger partial charge in [-0.3, -0.25) is 0 Å². The van der Waals surface area contributed by atoms with Crippen LogP contribution in [0.2, 0.25) is 5.02 Å². The summed E-state index contributed by atoms with van der Waals surface area (Å²) in [5.41, 5.74) is 5.90. The van der Waals surface area contributed by atoms with E-state index in [1.54, 1.807) is 0 Å². The van der Waals surface area contributed by atoms with Crippen LogP contribution < -0.4 is 5.73 Å². The molecule has 1 aromatic rings. The van der Waals surface area contributed by atoms with Crippen molar-refractivity contribution in [2.24, 2.45) is 11.7 Å². The minimum atomic E-state index is -0.633. The Morgan fingerprint density at radius 3 is 2.40 bits per heavy atom. The molecule has 0 aliphatic rings. The first kappa shape index (κ1) is 12.4. The average molecular weight is 234 g/mol. The number of nitrogens with two attached hydrogens (primary N) is 1. The summed E-state index contributed by atoms with van der Waals surface area (Å²) in [5.74, 6) is -1.13. The molecular weight excluding hydrogens is 220 g/mol. The van der Waals surface area contributed by atoms with E-state index in [2.05, 4.69) is 0 Å². The summed E-state index contributed by atoms with van der Waals surface area (Å²) in [6, 6.07) is 1.49. The van der Waals surface area contributed by atoms with E-state index in [-0.39, 0.29) is 16.5 Å². The van der Waals surface area contributed by atoms with Crippen LogP contribution in [0.15, 0.2) is 12.1 Å². The smallest absolute Gasteiger partial charge is 0.142 e. The molecule has 1 aromatic carbocycles. The number of hydrogen-bond donors (Lipinski definition) is 1. The van der Waals surface area contributed by atoms with Crippen molar-refractivity contribution in [3.8, 4) is 0 Å². The van der Waals surface area contributed by atoms with Gasteiger partial charge in [-0.25, -0.2) is 8.78 Å². The number of halogens is 3. The SMILES string of the molecule is CCC(C)[C@@H](N)c1c(F)ccc(F)c1Cl. The lowest BCUT2D eigenvalue weighted by Gasteiger charge is -2.20. The maximum Gasteiger partial charge on any atom is 0.142 e. The van der Waals surface area contributed by atoms with Gasteiger partial charge in [0.2, 0.25) is 0 Å². The van der Waals surface area contributed by atoms with Gasteiger partial charge in [-0.2, -0.15) is 0 Å². The fourth-order valence-corrected chi connectivity index (χ4v) is 1.67. The summed E-state index contributed by atoms with van der Waals surface area (Å²) in [6.07, 6.45) is 0.785. The molecule has 0 saturated carbocycles. The van der Waals surface area contributed by atoms with Gasteiger partial charge in [0.1, 0.15) is 11.6 Å². The molecule has 0 saturated heterocycles. The van der Waals surface area contributed by atoms with Gasteiger partial charge in [-0.05, 0) is 18.1 Å². The van der Waals surface area contributed by atoms with E-state index in [0.717, 1.165) is 18.6 Å². The molecule has 0 amide bonds. The molecule has 1 unspecified atom stereocenters. The molecule has 0 bridgehead atoms.